The Kier molecular flexibility index (Phi) is 2.17. The fourth-order valence-electron chi connectivity index (χ4n) is 1.93. The third kappa shape index (κ3) is 1.88. The van der Waals surface area contributed by atoms with Gasteiger partial charge >= 0.3 is 0 Å². The van der Waals surface area contributed by atoms with Gasteiger partial charge in [-0.25, -0.2) is 0 Å². The number of rotatable bonds is 3. The Hall–Kier alpha value is -2.57. The van der Waals surface area contributed by atoms with E-state index < -0.39 is 0 Å². The number of nitrogens with one attached hydrogen (secondary N) is 1. The van der Waals surface area contributed by atoms with Gasteiger partial charge in [0.05, 0.1) is 0 Å². The Labute approximate surface area is 108 Å². The van der Waals surface area contributed by atoms with Crippen molar-refractivity contribution in [2.45, 2.75) is 18.8 Å². The molecule has 0 aliphatic heterocycles. The summed E-state index contributed by atoms with van der Waals surface area (Å²) >= 11 is 0. The van der Waals surface area contributed by atoms with Gasteiger partial charge in [-0.2, -0.15) is 10.2 Å². The van der Waals surface area contributed by atoms with Crippen molar-refractivity contribution < 1.29 is 4.52 Å². The molecule has 7 nitrogen and oxygen atoms in total. The molecular weight excluding hydrogens is 244 g/mol. The third-order valence-corrected chi connectivity index (χ3v) is 3.09. The van der Waals surface area contributed by atoms with Gasteiger partial charge in [0.25, 0.3) is 0 Å². The van der Waals surface area contributed by atoms with Gasteiger partial charge in [0.15, 0.2) is 0 Å². The predicted octanol–water partition coefficient (Wildman–Crippen LogP) is 1.79. The number of H-pyrrole nitrogens is 1. The van der Waals surface area contributed by atoms with Gasteiger partial charge in [0, 0.05) is 17.0 Å². The molecule has 0 atom stereocenters. The highest BCUT2D eigenvalue weighted by Gasteiger charge is 2.29. The van der Waals surface area contributed by atoms with Gasteiger partial charge in [0.1, 0.15) is 0 Å². The summed E-state index contributed by atoms with van der Waals surface area (Å²) in [4.78, 5) is 4.42. The second-order valence-electron chi connectivity index (χ2n) is 4.55. The molecule has 1 aliphatic rings. The van der Waals surface area contributed by atoms with E-state index in [-0.39, 0.29) is 0 Å². The SMILES string of the molecule is c1cc(-c2nn[nH]n2)cc(-c2noc(C3CC3)n2)c1. The summed E-state index contributed by atoms with van der Waals surface area (Å²) in [6, 6.07) is 7.68. The minimum Gasteiger partial charge on any atom is -0.339 e. The van der Waals surface area contributed by atoms with E-state index in [1.54, 1.807) is 0 Å². The van der Waals surface area contributed by atoms with Crippen LogP contribution in [0.25, 0.3) is 22.8 Å². The molecule has 2 aromatic heterocycles. The first kappa shape index (κ1) is 10.4. The smallest absolute Gasteiger partial charge is 0.230 e. The second-order valence-corrected chi connectivity index (χ2v) is 4.55. The molecule has 1 saturated carbocycles. The molecule has 1 aromatic carbocycles. The van der Waals surface area contributed by atoms with Gasteiger partial charge in [0.2, 0.25) is 17.5 Å². The molecule has 2 heterocycles. The van der Waals surface area contributed by atoms with Crippen molar-refractivity contribution in [3.05, 3.63) is 30.2 Å². The monoisotopic (exact) mass is 254 g/mol. The maximum atomic E-state index is 5.26. The molecule has 0 saturated heterocycles. The molecule has 19 heavy (non-hydrogen) atoms. The zero-order valence-electron chi connectivity index (χ0n) is 9.95. The van der Waals surface area contributed by atoms with Crippen LogP contribution < -0.4 is 0 Å². The summed E-state index contributed by atoms with van der Waals surface area (Å²) in [6.45, 7) is 0. The topological polar surface area (TPSA) is 93.4 Å². The average molecular weight is 254 g/mol. The van der Waals surface area contributed by atoms with E-state index >= 15 is 0 Å². The molecule has 0 radical (unpaired) electrons. The maximum absolute atomic E-state index is 5.26. The van der Waals surface area contributed by atoms with Crippen LogP contribution in [0.5, 0.6) is 0 Å². The average Bonchev–Trinajstić information content (AvgIpc) is 2.97. The molecule has 0 spiro atoms. The van der Waals surface area contributed by atoms with E-state index in [2.05, 4.69) is 30.8 Å². The summed E-state index contributed by atoms with van der Waals surface area (Å²) in [5, 5.41) is 17.9. The Balaban J connectivity index is 1.72. The lowest BCUT2D eigenvalue weighted by molar-refractivity contribution is 0.380. The van der Waals surface area contributed by atoms with E-state index in [4.69, 9.17) is 4.52 Å². The first-order valence-corrected chi connectivity index (χ1v) is 6.08. The van der Waals surface area contributed by atoms with Crippen molar-refractivity contribution in [2.24, 2.45) is 0 Å². The zero-order valence-corrected chi connectivity index (χ0v) is 9.95. The normalized spacial score (nSPS) is 14.7. The van der Waals surface area contributed by atoms with Crippen LogP contribution in [0.1, 0.15) is 24.7 Å². The lowest BCUT2D eigenvalue weighted by Crippen LogP contribution is -1.85. The van der Waals surface area contributed by atoms with Crippen LogP contribution >= 0.6 is 0 Å². The van der Waals surface area contributed by atoms with E-state index in [1.807, 2.05) is 24.3 Å². The van der Waals surface area contributed by atoms with Crippen molar-refractivity contribution in [1.82, 2.24) is 30.8 Å². The fraction of sp³-hybridized carbons (Fsp3) is 0.250. The molecule has 3 aromatic rings. The Bertz CT molecular complexity index is 701. The summed E-state index contributed by atoms with van der Waals surface area (Å²) in [6.07, 6.45) is 2.29. The molecule has 0 unspecified atom stereocenters. The first-order chi connectivity index (χ1) is 9.40. The largest absolute Gasteiger partial charge is 0.339 e. The standard InChI is InChI=1S/C12H10N6O/c1-2-8(6-9(3-1)11-14-17-18-15-11)10-13-12(19-16-10)7-4-5-7/h1-3,6-7H,4-5H2,(H,14,15,17,18). The minimum atomic E-state index is 0.460. The highest BCUT2D eigenvalue weighted by atomic mass is 16.5. The number of aromatic nitrogens is 6. The zero-order chi connectivity index (χ0) is 12.7. The van der Waals surface area contributed by atoms with Crippen LogP contribution in [-0.4, -0.2) is 30.8 Å². The highest BCUT2D eigenvalue weighted by Crippen LogP contribution is 2.39. The van der Waals surface area contributed by atoms with E-state index in [0.29, 0.717) is 17.6 Å². The Morgan fingerprint density at radius 3 is 2.74 bits per heavy atom. The van der Waals surface area contributed by atoms with E-state index in [0.717, 1.165) is 29.9 Å². The van der Waals surface area contributed by atoms with Crippen LogP contribution in [-0.2, 0) is 0 Å². The molecular formula is C12H10N6O. The summed E-state index contributed by atoms with van der Waals surface area (Å²) in [5.74, 6) is 2.35. The van der Waals surface area contributed by atoms with Crippen molar-refractivity contribution in [3.63, 3.8) is 0 Å². The van der Waals surface area contributed by atoms with Gasteiger partial charge in [-0.15, -0.1) is 10.2 Å². The molecule has 4 rings (SSSR count). The lowest BCUT2D eigenvalue weighted by atomic mass is 10.1. The van der Waals surface area contributed by atoms with Crippen molar-refractivity contribution in [1.29, 1.82) is 0 Å². The minimum absolute atomic E-state index is 0.460. The Morgan fingerprint density at radius 1 is 1.16 bits per heavy atom. The summed E-state index contributed by atoms with van der Waals surface area (Å²) in [5.41, 5.74) is 1.75. The van der Waals surface area contributed by atoms with Crippen molar-refractivity contribution >= 4 is 0 Å². The van der Waals surface area contributed by atoms with Gasteiger partial charge in [-0.1, -0.05) is 23.4 Å². The quantitative estimate of drug-likeness (QED) is 0.765. The van der Waals surface area contributed by atoms with Crippen LogP contribution in [0.15, 0.2) is 28.8 Å². The van der Waals surface area contributed by atoms with E-state index in [1.165, 1.54) is 0 Å². The van der Waals surface area contributed by atoms with Crippen LogP contribution in [0.3, 0.4) is 0 Å². The Morgan fingerprint density at radius 2 is 2.00 bits per heavy atom. The number of hydrogen-bond donors (Lipinski definition) is 1. The summed E-state index contributed by atoms with van der Waals surface area (Å²) in [7, 11) is 0. The first-order valence-electron chi connectivity index (χ1n) is 6.08. The number of tetrazole rings is 1. The van der Waals surface area contributed by atoms with Gasteiger partial charge < -0.3 is 4.52 Å². The number of aromatic amines is 1. The van der Waals surface area contributed by atoms with Crippen LogP contribution in [0, 0.1) is 0 Å². The van der Waals surface area contributed by atoms with Gasteiger partial charge in [-0.05, 0) is 24.1 Å². The molecule has 1 N–H and O–H groups in total. The molecule has 0 amide bonds. The lowest BCUT2D eigenvalue weighted by Gasteiger charge is -1.97. The molecule has 1 aliphatic carbocycles. The van der Waals surface area contributed by atoms with Crippen molar-refractivity contribution in [3.8, 4) is 22.8 Å². The fourth-order valence-corrected chi connectivity index (χ4v) is 1.93. The predicted molar refractivity (Wildman–Crippen MR) is 64.9 cm³/mol. The van der Waals surface area contributed by atoms with Crippen LogP contribution in [0.2, 0.25) is 0 Å². The molecule has 7 heteroatoms. The molecule has 0 bridgehead atoms. The number of benzene rings is 1. The third-order valence-electron chi connectivity index (χ3n) is 3.09. The maximum Gasteiger partial charge on any atom is 0.230 e. The molecule has 94 valence electrons. The summed E-state index contributed by atoms with van der Waals surface area (Å²) < 4.78 is 5.26. The highest BCUT2D eigenvalue weighted by molar-refractivity contribution is 5.65. The van der Waals surface area contributed by atoms with Crippen molar-refractivity contribution in [2.75, 3.05) is 0 Å². The van der Waals surface area contributed by atoms with Gasteiger partial charge in [-0.3, -0.25) is 0 Å². The second kappa shape index (κ2) is 3.98. The molecule has 1 fully saturated rings. The number of nitrogens with zero attached hydrogens (tertiary/aromatic N) is 5. The number of hydrogen-bond acceptors (Lipinski definition) is 6. The van der Waals surface area contributed by atoms with Crippen LogP contribution in [0.4, 0.5) is 0 Å². The van der Waals surface area contributed by atoms with E-state index in [9.17, 15) is 0 Å².